The molecule has 0 aromatic rings. The minimum absolute atomic E-state index is 0.175. The van der Waals surface area contributed by atoms with E-state index in [0.29, 0.717) is 24.4 Å². The van der Waals surface area contributed by atoms with Gasteiger partial charge in [-0.25, -0.2) is 0 Å². The van der Waals surface area contributed by atoms with Crippen LogP contribution in [0.15, 0.2) is 0 Å². The molecule has 1 heterocycles. The number of carboxylic acids is 1. The monoisotopic (exact) mass is 283 g/mol. The summed E-state index contributed by atoms with van der Waals surface area (Å²) >= 11 is 0. The lowest BCUT2D eigenvalue weighted by Crippen LogP contribution is -2.40. The van der Waals surface area contributed by atoms with E-state index in [9.17, 15) is 4.79 Å². The number of hydroxylamine groups is 2. The van der Waals surface area contributed by atoms with Crippen LogP contribution in [-0.4, -0.2) is 35.3 Å². The zero-order valence-corrected chi connectivity index (χ0v) is 13.1. The van der Waals surface area contributed by atoms with Crippen LogP contribution in [0.4, 0.5) is 0 Å². The molecule has 4 nitrogen and oxygen atoms in total. The maximum absolute atomic E-state index is 10.9. The van der Waals surface area contributed by atoms with Gasteiger partial charge in [0.15, 0.2) is 0 Å². The van der Waals surface area contributed by atoms with Gasteiger partial charge in [-0.1, -0.05) is 20.8 Å². The van der Waals surface area contributed by atoms with Gasteiger partial charge in [0.1, 0.15) is 0 Å². The summed E-state index contributed by atoms with van der Waals surface area (Å²) in [7, 11) is 0. The highest BCUT2D eigenvalue weighted by atomic mass is 16.7. The Morgan fingerprint density at radius 1 is 1.05 bits per heavy atom. The van der Waals surface area contributed by atoms with Crippen LogP contribution in [0.25, 0.3) is 0 Å². The van der Waals surface area contributed by atoms with Crippen molar-refractivity contribution in [2.45, 2.75) is 65.4 Å². The van der Waals surface area contributed by atoms with E-state index in [0.717, 1.165) is 31.8 Å². The molecule has 1 saturated heterocycles. The molecule has 2 fully saturated rings. The third-order valence-corrected chi connectivity index (χ3v) is 5.00. The quantitative estimate of drug-likeness (QED) is 0.863. The fourth-order valence-corrected chi connectivity index (χ4v) is 3.45. The van der Waals surface area contributed by atoms with Crippen molar-refractivity contribution in [2.24, 2.45) is 17.3 Å². The Bertz CT molecular complexity index is 321. The number of carbonyl (C=O) groups is 1. The van der Waals surface area contributed by atoms with E-state index in [2.05, 4.69) is 20.8 Å². The van der Waals surface area contributed by atoms with Crippen LogP contribution in [0, 0.1) is 17.3 Å². The molecule has 0 aromatic heterocycles. The Morgan fingerprint density at radius 3 is 2.05 bits per heavy atom. The number of nitrogens with zero attached hydrogens (tertiary/aromatic N) is 1. The molecule has 1 aliphatic heterocycles. The Hall–Kier alpha value is -0.610. The molecule has 0 atom stereocenters. The Morgan fingerprint density at radius 2 is 1.60 bits per heavy atom. The molecule has 116 valence electrons. The van der Waals surface area contributed by atoms with E-state index in [-0.39, 0.29) is 5.92 Å². The molecule has 1 N–H and O–H groups in total. The lowest BCUT2D eigenvalue weighted by atomic mass is 9.72. The fraction of sp³-hybridized carbons (Fsp3) is 0.938. The second-order valence-electron chi connectivity index (χ2n) is 7.49. The van der Waals surface area contributed by atoms with Crippen LogP contribution in [0.5, 0.6) is 0 Å². The first-order valence-electron chi connectivity index (χ1n) is 8.01. The molecule has 1 aliphatic carbocycles. The molecule has 0 bridgehead atoms. The first-order valence-corrected chi connectivity index (χ1v) is 8.01. The molecule has 0 amide bonds. The molecular weight excluding hydrogens is 254 g/mol. The van der Waals surface area contributed by atoms with Crippen molar-refractivity contribution in [3.63, 3.8) is 0 Å². The standard InChI is InChI=1S/C16H29NO3/c1-16(2,3)13-4-6-14(7-5-13)20-17-10-8-12(9-11-17)15(18)19/h12-14H,4-11H2,1-3H3,(H,18,19)/t13-,14-. The van der Waals surface area contributed by atoms with Crippen LogP contribution >= 0.6 is 0 Å². The van der Waals surface area contributed by atoms with Crippen molar-refractivity contribution in [1.29, 1.82) is 0 Å². The Labute approximate surface area is 122 Å². The van der Waals surface area contributed by atoms with Crippen molar-refractivity contribution >= 4 is 5.97 Å². The van der Waals surface area contributed by atoms with Gasteiger partial charge < -0.3 is 5.11 Å². The molecule has 2 rings (SSSR count). The van der Waals surface area contributed by atoms with Crippen molar-refractivity contribution in [3.05, 3.63) is 0 Å². The van der Waals surface area contributed by atoms with E-state index in [1.54, 1.807) is 0 Å². The summed E-state index contributed by atoms with van der Waals surface area (Å²) in [5.41, 5.74) is 0.408. The highest BCUT2D eigenvalue weighted by molar-refractivity contribution is 5.70. The maximum atomic E-state index is 10.9. The lowest BCUT2D eigenvalue weighted by molar-refractivity contribution is -0.220. The average Bonchev–Trinajstić information content (AvgIpc) is 2.39. The van der Waals surface area contributed by atoms with E-state index in [1.807, 2.05) is 5.06 Å². The molecular formula is C16H29NO3. The average molecular weight is 283 g/mol. The zero-order chi connectivity index (χ0) is 14.8. The number of piperidine rings is 1. The number of carboxylic acid groups (broad SMARTS) is 1. The second-order valence-corrected chi connectivity index (χ2v) is 7.49. The third kappa shape index (κ3) is 4.19. The molecule has 0 spiro atoms. The van der Waals surface area contributed by atoms with E-state index >= 15 is 0 Å². The van der Waals surface area contributed by atoms with Gasteiger partial charge in [0.25, 0.3) is 0 Å². The van der Waals surface area contributed by atoms with Gasteiger partial charge in [-0.15, -0.1) is 0 Å². The number of aliphatic carboxylic acids is 1. The summed E-state index contributed by atoms with van der Waals surface area (Å²) in [6, 6.07) is 0. The number of rotatable bonds is 3. The Kier molecular flexibility index (Phi) is 5.08. The highest BCUT2D eigenvalue weighted by Crippen LogP contribution is 2.38. The molecule has 0 aromatic carbocycles. The van der Waals surface area contributed by atoms with E-state index < -0.39 is 5.97 Å². The van der Waals surface area contributed by atoms with Gasteiger partial charge in [0.2, 0.25) is 0 Å². The summed E-state index contributed by atoms with van der Waals surface area (Å²) in [6.07, 6.45) is 6.55. The van der Waals surface area contributed by atoms with Crippen molar-refractivity contribution < 1.29 is 14.7 Å². The van der Waals surface area contributed by atoms with Crippen molar-refractivity contribution in [3.8, 4) is 0 Å². The number of hydrogen-bond donors (Lipinski definition) is 1. The van der Waals surface area contributed by atoms with Crippen LogP contribution in [0.3, 0.4) is 0 Å². The van der Waals surface area contributed by atoms with Crippen molar-refractivity contribution in [1.82, 2.24) is 5.06 Å². The summed E-state index contributed by atoms with van der Waals surface area (Å²) in [6.45, 7) is 8.51. The molecule has 4 heteroatoms. The summed E-state index contributed by atoms with van der Waals surface area (Å²) in [4.78, 5) is 17.0. The Balaban J connectivity index is 1.70. The van der Waals surface area contributed by atoms with Gasteiger partial charge in [-0.3, -0.25) is 9.63 Å². The lowest BCUT2D eigenvalue weighted by Gasteiger charge is -2.39. The zero-order valence-electron chi connectivity index (χ0n) is 13.1. The molecule has 0 unspecified atom stereocenters. The second kappa shape index (κ2) is 6.44. The van der Waals surface area contributed by atoms with Gasteiger partial charge in [-0.2, -0.15) is 5.06 Å². The third-order valence-electron chi connectivity index (χ3n) is 5.00. The smallest absolute Gasteiger partial charge is 0.306 e. The largest absolute Gasteiger partial charge is 0.481 e. The van der Waals surface area contributed by atoms with Crippen molar-refractivity contribution in [2.75, 3.05) is 13.1 Å². The van der Waals surface area contributed by atoms with Crippen LogP contribution < -0.4 is 0 Å². The predicted octanol–water partition coefficient (Wildman–Crippen LogP) is 3.32. The minimum Gasteiger partial charge on any atom is -0.481 e. The van der Waals surface area contributed by atoms with Gasteiger partial charge in [0, 0.05) is 13.1 Å². The van der Waals surface area contributed by atoms with E-state index in [4.69, 9.17) is 9.94 Å². The summed E-state index contributed by atoms with van der Waals surface area (Å²) < 4.78 is 0. The first-order chi connectivity index (χ1) is 9.36. The van der Waals surface area contributed by atoms with Crippen LogP contribution in [0.2, 0.25) is 0 Å². The molecule has 2 aliphatic rings. The van der Waals surface area contributed by atoms with Crippen LogP contribution in [-0.2, 0) is 9.63 Å². The number of hydrogen-bond acceptors (Lipinski definition) is 3. The van der Waals surface area contributed by atoms with E-state index in [1.165, 1.54) is 12.8 Å². The summed E-state index contributed by atoms with van der Waals surface area (Å²) in [5.74, 6) is -0.0260. The minimum atomic E-state index is -0.657. The summed E-state index contributed by atoms with van der Waals surface area (Å²) in [5, 5.41) is 11.0. The molecule has 1 saturated carbocycles. The first kappa shape index (κ1) is 15.8. The highest BCUT2D eigenvalue weighted by Gasteiger charge is 2.32. The SMILES string of the molecule is CC(C)(C)[C@H]1CC[C@H](ON2CCC(C(=O)O)CC2)CC1. The normalized spacial score (nSPS) is 30.4. The van der Waals surface area contributed by atoms with Gasteiger partial charge >= 0.3 is 5.97 Å². The molecule has 0 radical (unpaired) electrons. The van der Waals surface area contributed by atoms with Crippen LogP contribution in [0.1, 0.15) is 59.3 Å². The maximum Gasteiger partial charge on any atom is 0.306 e. The van der Waals surface area contributed by atoms with Gasteiger partial charge in [0.05, 0.1) is 12.0 Å². The predicted molar refractivity (Wildman–Crippen MR) is 78.2 cm³/mol. The topological polar surface area (TPSA) is 49.8 Å². The molecule has 20 heavy (non-hydrogen) atoms. The fourth-order valence-electron chi connectivity index (χ4n) is 3.45. The van der Waals surface area contributed by atoms with Gasteiger partial charge in [-0.05, 0) is 49.9 Å².